The fourth-order valence-corrected chi connectivity index (χ4v) is 2.10. The summed E-state index contributed by atoms with van der Waals surface area (Å²) in [5, 5.41) is 22.6. The molecule has 1 aromatic heterocycles. The quantitative estimate of drug-likeness (QED) is 0.759. The summed E-state index contributed by atoms with van der Waals surface area (Å²) in [5.41, 5.74) is 0.536. The highest BCUT2D eigenvalue weighted by Crippen LogP contribution is 2.19. The summed E-state index contributed by atoms with van der Waals surface area (Å²) in [7, 11) is 0. The van der Waals surface area contributed by atoms with E-state index in [1.54, 1.807) is 43.3 Å². The molecule has 0 radical (unpaired) electrons. The molecule has 0 aliphatic carbocycles. The van der Waals surface area contributed by atoms with Gasteiger partial charge < -0.3 is 19.9 Å². The number of aliphatic hydroxyl groups is 2. The number of aliphatic hydroxyl groups excluding tert-OH is 2. The summed E-state index contributed by atoms with van der Waals surface area (Å²) in [6.07, 6.45) is -0.208. The van der Waals surface area contributed by atoms with Crippen LogP contribution in [0, 0.1) is 0 Å². The molecule has 5 heteroatoms. The Morgan fingerprint density at radius 2 is 1.90 bits per heavy atom. The first-order valence-corrected chi connectivity index (χ1v) is 6.82. The van der Waals surface area contributed by atoms with Crippen LogP contribution in [0.2, 0.25) is 0 Å². The van der Waals surface area contributed by atoms with Gasteiger partial charge in [0.05, 0.1) is 6.26 Å². The largest absolute Gasteiger partial charge is 0.467 e. The van der Waals surface area contributed by atoms with Gasteiger partial charge in [-0.25, -0.2) is 0 Å². The Labute approximate surface area is 123 Å². The molecule has 1 heterocycles. The van der Waals surface area contributed by atoms with E-state index in [1.165, 1.54) is 6.26 Å². The third-order valence-corrected chi connectivity index (χ3v) is 3.20. The van der Waals surface area contributed by atoms with Gasteiger partial charge in [-0.15, -0.1) is 0 Å². The number of hydrogen-bond acceptors (Lipinski definition) is 4. The molecule has 1 aromatic carbocycles. The molecule has 0 spiro atoms. The number of furan rings is 1. The maximum Gasteiger partial charge on any atom is 0.253 e. The van der Waals surface area contributed by atoms with Gasteiger partial charge in [0.25, 0.3) is 5.91 Å². The predicted octanol–water partition coefficient (Wildman–Crippen LogP) is 1.94. The van der Waals surface area contributed by atoms with Crippen molar-refractivity contribution in [3.8, 4) is 0 Å². The molecule has 3 unspecified atom stereocenters. The fraction of sp³-hybridized carbons (Fsp3) is 0.312. The van der Waals surface area contributed by atoms with Crippen LogP contribution in [0.25, 0.3) is 0 Å². The van der Waals surface area contributed by atoms with E-state index in [-0.39, 0.29) is 6.04 Å². The number of nitrogens with one attached hydrogen (secondary N) is 1. The minimum absolute atomic E-state index is 0.295. The lowest BCUT2D eigenvalue weighted by molar-refractivity contribution is -0.130. The SMILES string of the molecule is CC(CC(O)c1ccco1)NC(=O)C(O)c1ccccc1. The topological polar surface area (TPSA) is 82.7 Å². The number of carbonyl (C=O) groups is 1. The van der Waals surface area contributed by atoms with Crippen molar-refractivity contribution in [2.24, 2.45) is 0 Å². The summed E-state index contributed by atoms with van der Waals surface area (Å²) in [6.45, 7) is 1.77. The third kappa shape index (κ3) is 4.18. The van der Waals surface area contributed by atoms with Gasteiger partial charge in [-0.2, -0.15) is 0 Å². The molecule has 0 saturated heterocycles. The molecule has 1 amide bonds. The van der Waals surface area contributed by atoms with Crippen molar-refractivity contribution in [1.82, 2.24) is 5.32 Å². The maximum absolute atomic E-state index is 12.0. The molecular weight excluding hydrogens is 270 g/mol. The molecule has 21 heavy (non-hydrogen) atoms. The number of amides is 1. The molecule has 2 aromatic rings. The Morgan fingerprint density at radius 1 is 1.19 bits per heavy atom. The minimum Gasteiger partial charge on any atom is -0.467 e. The molecule has 3 atom stereocenters. The molecule has 0 fully saturated rings. The van der Waals surface area contributed by atoms with Crippen LogP contribution in [0.3, 0.4) is 0 Å². The number of hydrogen-bond donors (Lipinski definition) is 3. The van der Waals surface area contributed by atoms with E-state index in [4.69, 9.17) is 4.42 Å². The summed E-state index contributed by atoms with van der Waals surface area (Å²) >= 11 is 0. The fourth-order valence-electron chi connectivity index (χ4n) is 2.10. The van der Waals surface area contributed by atoms with Gasteiger partial charge in [0, 0.05) is 12.5 Å². The zero-order valence-electron chi connectivity index (χ0n) is 11.8. The highest BCUT2D eigenvalue weighted by Gasteiger charge is 2.21. The van der Waals surface area contributed by atoms with Gasteiger partial charge in [0.2, 0.25) is 0 Å². The van der Waals surface area contributed by atoms with Crippen molar-refractivity contribution < 1.29 is 19.4 Å². The highest BCUT2D eigenvalue weighted by molar-refractivity contribution is 5.82. The van der Waals surface area contributed by atoms with Crippen molar-refractivity contribution >= 4 is 5.91 Å². The lowest BCUT2D eigenvalue weighted by Gasteiger charge is -2.19. The van der Waals surface area contributed by atoms with Crippen LogP contribution in [0.5, 0.6) is 0 Å². The van der Waals surface area contributed by atoms with Crippen LogP contribution in [-0.4, -0.2) is 22.2 Å². The lowest BCUT2D eigenvalue weighted by Crippen LogP contribution is -2.37. The predicted molar refractivity (Wildman–Crippen MR) is 77.3 cm³/mol. The molecular formula is C16H19NO4. The molecule has 2 rings (SSSR count). The van der Waals surface area contributed by atoms with Crippen LogP contribution in [0.4, 0.5) is 0 Å². The lowest BCUT2D eigenvalue weighted by atomic mass is 10.1. The van der Waals surface area contributed by atoms with Crippen LogP contribution >= 0.6 is 0 Å². The van der Waals surface area contributed by atoms with E-state index in [0.29, 0.717) is 17.7 Å². The first-order chi connectivity index (χ1) is 10.1. The smallest absolute Gasteiger partial charge is 0.253 e. The number of rotatable bonds is 6. The van der Waals surface area contributed by atoms with E-state index in [1.807, 2.05) is 6.07 Å². The van der Waals surface area contributed by atoms with Gasteiger partial charge in [-0.05, 0) is 24.6 Å². The summed E-state index contributed by atoms with van der Waals surface area (Å²) in [5.74, 6) is -0.0277. The summed E-state index contributed by atoms with van der Waals surface area (Å²) in [6, 6.07) is 11.8. The van der Waals surface area contributed by atoms with Crippen molar-refractivity contribution in [2.75, 3.05) is 0 Å². The van der Waals surface area contributed by atoms with Gasteiger partial charge in [-0.3, -0.25) is 4.79 Å². The van der Waals surface area contributed by atoms with E-state index in [0.717, 1.165) is 0 Å². The maximum atomic E-state index is 12.0. The molecule has 5 nitrogen and oxygen atoms in total. The molecule has 3 N–H and O–H groups in total. The van der Waals surface area contributed by atoms with E-state index < -0.39 is 18.1 Å². The normalized spacial score (nSPS) is 15.2. The summed E-state index contributed by atoms with van der Waals surface area (Å²) in [4.78, 5) is 12.0. The van der Waals surface area contributed by atoms with Gasteiger partial charge in [0.1, 0.15) is 11.9 Å². The van der Waals surface area contributed by atoms with Crippen molar-refractivity contribution in [2.45, 2.75) is 31.6 Å². The Morgan fingerprint density at radius 3 is 2.52 bits per heavy atom. The van der Waals surface area contributed by atoms with E-state index in [9.17, 15) is 15.0 Å². The van der Waals surface area contributed by atoms with Crippen LogP contribution in [-0.2, 0) is 4.79 Å². The first-order valence-electron chi connectivity index (χ1n) is 6.82. The second kappa shape index (κ2) is 7.06. The first kappa shape index (κ1) is 15.3. The third-order valence-electron chi connectivity index (χ3n) is 3.20. The monoisotopic (exact) mass is 289 g/mol. The van der Waals surface area contributed by atoms with Crippen LogP contribution in [0.15, 0.2) is 53.1 Å². The second-order valence-electron chi connectivity index (χ2n) is 4.99. The average molecular weight is 289 g/mol. The highest BCUT2D eigenvalue weighted by atomic mass is 16.4. The van der Waals surface area contributed by atoms with E-state index >= 15 is 0 Å². The van der Waals surface area contributed by atoms with Crippen molar-refractivity contribution in [3.05, 3.63) is 60.1 Å². The Balaban J connectivity index is 1.87. The summed E-state index contributed by atoms with van der Waals surface area (Å²) < 4.78 is 5.11. The van der Waals surface area contributed by atoms with Gasteiger partial charge in [-0.1, -0.05) is 30.3 Å². The average Bonchev–Trinajstić information content (AvgIpc) is 3.01. The Bertz CT molecular complexity index is 553. The standard InChI is InChI=1S/C16H19NO4/c1-11(10-13(18)14-8-5-9-21-14)17-16(20)15(19)12-6-3-2-4-7-12/h2-9,11,13,15,18-19H,10H2,1H3,(H,17,20). The van der Waals surface area contributed by atoms with Crippen LogP contribution < -0.4 is 5.32 Å². The second-order valence-corrected chi connectivity index (χ2v) is 4.99. The number of benzene rings is 1. The Hall–Kier alpha value is -2.11. The van der Waals surface area contributed by atoms with Crippen molar-refractivity contribution in [3.63, 3.8) is 0 Å². The van der Waals surface area contributed by atoms with Gasteiger partial charge >= 0.3 is 0 Å². The molecule has 112 valence electrons. The molecule has 0 saturated carbocycles. The minimum atomic E-state index is -1.21. The van der Waals surface area contributed by atoms with Crippen LogP contribution in [0.1, 0.15) is 36.9 Å². The zero-order valence-corrected chi connectivity index (χ0v) is 11.8. The number of carbonyl (C=O) groups excluding carboxylic acids is 1. The molecule has 0 aliphatic heterocycles. The van der Waals surface area contributed by atoms with Crippen molar-refractivity contribution in [1.29, 1.82) is 0 Å². The van der Waals surface area contributed by atoms with Gasteiger partial charge in [0.15, 0.2) is 6.10 Å². The van der Waals surface area contributed by atoms with E-state index in [2.05, 4.69) is 5.32 Å². The molecule has 0 aliphatic rings. The zero-order chi connectivity index (χ0) is 15.2. The molecule has 0 bridgehead atoms. The Kier molecular flexibility index (Phi) is 5.14.